The number of carbonyl (C=O) groups excluding carboxylic acids is 2. The van der Waals surface area contributed by atoms with Gasteiger partial charge in [0.05, 0.1) is 17.7 Å². The summed E-state index contributed by atoms with van der Waals surface area (Å²) < 4.78 is 5.32. The number of ether oxygens (including phenoxy) is 1. The molecular formula is C23H29N3O3S3. The minimum Gasteiger partial charge on any atom is -0.462 e. The summed E-state index contributed by atoms with van der Waals surface area (Å²) in [4.78, 5) is 28.0. The van der Waals surface area contributed by atoms with Crippen LogP contribution in [0.25, 0.3) is 0 Å². The zero-order chi connectivity index (χ0) is 22.7. The number of amides is 1. The van der Waals surface area contributed by atoms with Crippen molar-refractivity contribution in [2.24, 2.45) is 5.92 Å². The number of nitrogens with one attached hydrogen (secondary N) is 3. The van der Waals surface area contributed by atoms with Crippen molar-refractivity contribution < 1.29 is 14.3 Å². The maximum absolute atomic E-state index is 12.7. The first-order chi connectivity index (χ1) is 15.5. The van der Waals surface area contributed by atoms with E-state index in [1.165, 1.54) is 16.2 Å². The van der Waals surface area contributed by atoms with Crippen LogP contribution in [-0.2, 0) is 30.4 Å². The van der Waals surface area contributed by atoms with Crippen LogP contribution in [-0.4, -0.2) is 23.6 Å². The molecule has 172 valence electrons. The van der Waals surface area contributed by atoms with Gasteiger partial charge in [0, 0.05) is 15.1 Å². The highest BCUT2D eigenvalue weighted by Crippen LogP contribution is 2.38. The molecule has 0 bridgehead atoms. The molecule has 6 nitrogen and oxygen atoms in total. The zero-order valence-corrected chi connectivity index (χ0v) is 20.9. The second-order valence-corrected chi connectivity index (χ2v) is 10.9. The molecule has 2 aromatic rings. The molecule has 0 radical (unpaired) electrons. The Morgan fingerprint density at radius 3 is 2.75 bits per heavy atom. The van der Waals surface area contributed by atoms with Gasteiger partial charge in [0.2, 0.25) is 0 Å². The summed E-state index contributed by atoms with van der Waals surface area (Å²) in [5, 5.41) is 5.99. The first-order valence-corrected chi connectivity index (χ1v) is 13.4. The number of hydrogen-bond acceptors (Lipinski definition) is 6. The van der Waals surface area contributed by atoms with Crippen LogP contribution in [0.2, 0.25) is 0 Å². The highest BCUT2D eigenvalue weighted by Gasteiger charge is 2.27. The second-order valence-electron chi connectivity index (χ2n) is 8.42. The standard InChI is InChI=1S/C23H29N3O3S3/c1-3-29-22(28)19-15-7-5-4-6-8-17(15)32-21(19)24-23(30)26-25-20(27)16-12-31-18-11-13(2)9-10-14(16)18/h12-13H,3-11H2,1-2H3,(H,25,27)(H2,24,26,30)/t13-/m1/s1. The van der Waals surface area contributed by atoms with Crippen LogP contribution >= 0.6 is 34.9 Å². The maximum atomic E-state index is 12.7. The van der Waals surface area contributed by atoms with Crippen molar-refractivity contribution in [2.75, 3.05) is 11.9 Å². The van der Waals surface area contributed by atoms with Gasteiger partial charge in [0.1, 0.15) is 5.00 Å². The predicted octanol–water partition coefficient (Wildman–Crippen LogP) is 5.01. The summed E-state index contributed by atoms with van der Waals surface area (Å²) in [6.45, 7) is 4.38. The van der Waals surface area contributed by atoms with Crippen molar-refractivity contribution in [3.05, 3.63) is 37.4 Å². The van der Waals surface area contributed by atoms with E-state index in [4.69, 9.17) is 17.0 Å². The monoisotopic (exact) mass is 491 g/mol. The lowest BCUT2D eigenvalue weighted by Gasteiger charge is -2.19. The van der Waals surface area contributed by atoms with E-state index >= 15 is 0 Å². The number of thiophene rings is 2. The highest BCUT2D eigenvalue weighted by atomic mass is 32.1. The summed E-state index contributed by atoms with van der Waals surface area (Å²) in [5.41, 5.74) is 9.08. The van der Waals surface area contributed by atoms with Gasteiger partial charge in [-0.1, -0.05) is 13.3 Å². The Labute approximate surface area is 202 Å². The fourth-order valence-electron chi connectivity index (χ4n) is 4.43. The van der Waals surface area contributed by atoms with E-state index in [9.17, 15) is 9.59 Å². The minimum absolute atomic E-state index is 0.186. The quantitative estimate of drug-likeness (QED) is 0.241. The smallest absolute Gasteiger partial charge is 0.341 e. The largest absolute Gasteiger partial charge is 0.462 e. The lowest BCUT2D eigenvalue weighted by atomic mass is 9.88. The highest BCUT2D eigenvalue weighted by molar-refractivity contribution is 7.80. The number of fused-ring (bicyclic) bond motifs is 2. The van der Waals surface area contributed by atoms with E-state index in [2.05, 4.69) is 23.1 Å². The van der Waals surface area contributed by atoms with E-state index in [1.54, 1.807) is 22.7 Å². The predicted molar refractivity (Wildman–Crippen MR) is 134 cm³/mol. The van der Waals surface area contributed by atoms with Crippen molar-refractivity contribution in [3.8, 4) is 0 Å². The van der Waals surface area contributed by atoms with Crippen LogP contribution in [0, 0.1) is 5.92 Å². The SMILES string of the molecule is CCOC(=O)c1c(NC(=S)NNC(=O)c2csc3c2CC[C@@H](C)C3)sc2c1CCCCC2. The molecule has 3 N–H and O–H groups in total. The summed E-state index contributed by atoms with van der Waals surface area (Å²) in [7, 11) is 0. The number of hydrazine groups is 1. The number of carbonyl (C=O) groups is 2. The maximum Gasteiger partial charge on any atom is 0.341 e. The van der Waals surface area contributed by atoms with Gasteiger partial charge >= 0.3 is 5.97 Å². The van der Waals surface area contributed by atoms with Gasteiger partial charge in [-0.15, -0.1) is 22.7 Å². The van der Waals surface area contributed by atoms with Crippen LogP contribution in [0.5, 0.6) is 0 Å². The molecule has 0 saturated carbocycles. The Morgan fingerprint density at radius 1 is 1.12 bits per heavy atom. The normalized spacial score (nSPS) is 17.5. The number of aryl methyl sites for hydroxylation is 1. The molecule has 2 aromatic heterocycles. The molecule has 2 aliphatic carbocycles. The first-order valence-electron chi connectivity index (χ1n) is 11.3. The Kier molecular flexibility index (Phi) is 7.48. The Morgan fingerprint density at radius 2 is 1.94 bits per heavy atom. The number of hydrogen-bond donors (Lipinski definition) is 3. The van der Waals surface area contributed by atoms with Gasteiger partial charge in [-0.3, -0.25) is 15.6 Å². The van der Waals surface area contributed by atoms with Crippen LogP contribution in [0.1, 0.15) is 81.1 Å². The summed E-state index contributed by atoms with van der Waals surface area (Å²) in [6, 6.07) is 0. The second kappa shape index (κ2) is 10.3. The van der Waals surface area contributed by atoms with Crippen molar-refractivity contribution >= 4 is 56.9 Å². The van der Waals surface area contributed by atoms with Crippen LogP contribution < -0.4 is 16.2 Å². The third-order valence-corrected chi connectivity index (χ3v) is 8.53. The Balaban J connectivity index is 1.43. The number of thiocarbonyl (C=S) groups is 1. The molecule has 2 heterocycles. The van der Waals surface area contributed by atoms with E-state index in [0.29, 0.717) is 23.1 Å². The molecule has 0 unspecified atom stereocenters. The van der Waals surface area contributed by atoms with Gasteiger partial charge in [-0.05, 0) is 81.1 Å². The van der Waals surface area contributed by atoms with Gasteiger partial charge in [-0.2, -0.15) is 0 Å². The van der Waals surface area contributed by atoms with Crippen LogP contribution in [0.4, 0.5) is 5.00 Å². The third kappa shape index (κ3) is 5.00. The summed E-state index contributed by atoms with van der Waals surface area (Å²) in [6.07, 6.45) is 8.29. The average Bonchev–Trinajstić information content (AvgIpc) is 3.25. The molecule has 0 aliphatic heterocycles. The van der Waals surface area contributed by atoms with Crippen molar-refractivity contribution in [2.45, 2.75) is 65.2 Å². The molecule has 0 fully saturated rings. The molecular weight excluding hydrogens is 462 g/mol. The number of esters is 1. The topological polar surface area (TPSA) is 79.5 Å². The molecule has 4 rings (SSSR count). The zero-order valence-electron chi connectivity index (χ0n) is 18.5. The van der Waals surface area contributed by atoms with Crippen molar-refractivity contribution in [3.63, 3.8) is 0 Å². The van der Waals surface area contributed by atoms with E-state index in [1.807, 2.05) is 12.3 Å². The van der Waals surface area contributed by atoms with Gasteiger partial charge < -0.3 is 10.1 Å². The summed E-state index contributed by atoms with van der Waals surface area (Å²) in [5.74, 6) is 0.163. The lowest BCUT2D eigenvalue weighted by molar-refractivity contribution is 0.0526. The van der Waals surface area contributed by atoms with E-state index in [0.717, 1.165) is 61.6 Å². The Hall–Kier alpha value is -1.97. The van der Waals surface area contributed by atoms with Crippen molar-refractivity contribution in [1.82, 2.24) is 10.9 Å². The van der Waals surface area contributed by atoms with Crippen LogP contribution in [0.15, 0.2) is 5.38 Å². The minimum atomic E-state index is -0.319. The van der Waals surface area contributed by atoms with Gasteiger partial charge in [0.15, 0.2) is 5.11 Å². The fraction of sp³-hybridized carbons (Fsp3) is 0.522. The molecule has 0 spiro atoms. The molecule has 2 aliphatic rings. The third-order valence-electron chi connectivity index (χ3n) is 6.06. The molecule has 1 atom stereocenters. The number of rotatable bonds is 4. The van der Waals surface area contributed by atoms with Crippen molar-refractivity contribution in [1.29, 1.82) is 0 Å². The summed E-state index contributed by atoms with van der Waals surface area (Å²) >= 11 is 8.64. The lowest BCUT2D eigenvalue weighted by Crippen LogP contribution is -2.44. The first kappa shape index (κ1) is 23.2. The fourth-order valence-corrected chi connectivity index (χ4v) is 7.18. The molecule has 32 heavy (non-hydrogen) atoms. The van der Waals surface area contributed by atoms with Gasteiger partial charge in [0.25, 0.3) is 5.91 Å². The molecule has 0 aromatic carbocycles. The molecule has 9 heteroatoms. The molecule has 1 amide bonds. The number of anilines is 1. The Bertz CT molecular complexity index is 1030. The van der Waals surface area contributed by atoms with E-state index in [-0.39, 0.29) is 17.0 Å². The molecule has 0 saturated heterocycles. The van der Waals surface area contributed by atoms with Gasteiger partial charge in [-0.25, -0.2) is 4.79 Å². The average molecular weight is 492 g/mol. The van der Waals surface area contributed by atoms with E-state index < -0.39 is 0 Å². The van der Waals surface area contributed by atoms with Crippen LogP contribution in [0.3, 0.4) is 0 Å².